The topological polar surface area (TPSA) is 934 Å². The number of carbonyl (C=O) groups excluding carboxylic acids is 2. The lowest BCUT2D eigenvalue weighted by Gasteiger charge is -2.51. The Balaban J connectivity index is 1.02. The largest absolute Gasteiger partial charge is 0.469 e. The Morgan fingerprint density at radius 2 is 0.504 bits per heavy atom. The van der Waals surface area contributed by atoms with Crippen LogP contribution in [0, 0.1) is 0 Å². The van der Waals surface area contributed by atoms with Crippen LogP contribution in [-0.4, -0.2) is 547 Å². The van der Waals surface area contributed by atoms with E-state index in [4.69, 9.17) is 90.0 Å². The molecule has 0 radical (unpaired) electrons. The highest BCUT2D eigenvalue weighted by atomic mass is 31.2. The van der Waals surface area contributed by atoms with Gasteiger partial charge in [-0.2, -0.15) is 0 Å². The standard InChI is InChI=1S/C64H110N2O57P2/c1-13(73)65-25-35(83)48(19(7-71)107-55(25)96)117-56-26(66-14(2)74)36(84)49(20(8-72)112-56)118-61-47(95)51(120-63-54(40(88)30(78)18(6-70)111-63)123-64-53(42(90)32(80)24(116-64)12-106-125(100,101)102)122-60-45(93)39(87)29(77)17(5-69)110-60)34(82)22(114-61)9-103-57-46(94)50(119-58-43(91)37(85)27(75)15(3-67)108-58)33(81)21(113-57)10-104-62-52(41(89)31(79)23(115-62)11-105-124(97,98)99)121-59-44(92)38(86)28(76)16(4-68)109-59/h15-64,67-72,75-96H,3-12H2,1-2H3,(H,65,73)(H,66,74)(H2,97,98,99)(H2,100,101,102)/t15-,16-,17-,18-,19-,20-,21-,22-,23-,24-,25-,26-,27-,28-,29-,30-,31-,32-,33-,34-,35-,36-,37+,38+,39+,40+,41+,42-,43+,44+,45+,46+,47+,48-,49-,50+,51+,52+,53+,54+,55?,56+,57+,58-,59-,60-,61+,62+,63-,64-/m1/s1. The molecule has 0 aromatic rings. The average Bonchev–Trinajstić information content (AvgIpc) is 0.765. The fraction of sp³-hybridized carbons (Fsp3) is 0.969. The molecule has 50 atom stereocenters. The number of phosphoric acid groups is 2. The Morgan fingerprint density at radius 3 is 0.904 bits per heavy atom. The van der Waals surface area contributed by atoms with E-state index in [1.54, 1.807) is 0 Å². The van der Waals surface area contributed by atoms with Gasteiger partial charge in [-0.15, -0.1) is 0 Å². The average molecular weight is 1880 g/mol. The summed E-state index contributed by atoms with van der Waals surface area (Å²) < 4.78 is 144. The molecule has 61 heteroatoms. The van der Waals surface area contributed by atoms with Gasteiger partial charge in [-0.25, -0.2) is 9.13 Å². The lowest BCUT2D eigenvalue weighted by atomic mass is 9.94. The second-order valence-electron chi connectivity index (χ2n) is 30.7. The third-order valence-corrected chi connectivity index (χ3v) is 23.1. The van der Waals surface area contributed by atoms with Crippen molar-refractivity contribution in [2.24, 2.45) is 0 Å². The maximum Gasteiger partial charge on any atom is 0.469 e. The first-order valence-electron chi connectivity index (χ1n) is 38.6. The van der Waals surface area contributed by atoms with Gasteiger partial charge in [0.1, 0.15) is 244 Å². The molecule has 10 aliphatic heterocycles. The Kier molecular flexibility index (Phi) is 37.3. The summed E-state index contributed by atoms with van der Waals surface area (Å²) in [7, 11) is -11.0. The Morgan fingerprint density at radius 1 is 0.248 bits per heavy atom. The van der Waals surface area contributed by atoms with Crippen LogP contribution in [0.2, 0.25) is 0 Å². The maximum atomic E-state index is 13.1. The fourth-order valence-electron chi connectivity index (χ4n) is 15.3. The highest BCUT2D eigenvalue weighted by molar-refractivity contribution is 7.46. The van der Waals surface area contributed by atoms with E-state index in [1.807, 2.05) is 0 Å². The van der Waals surface area contributed by atoms with Crippen molar-refractivity contribution in [3.05, 3.63) is 0 Å². The number of amides is 2. The van der Waals surface area contributed by atoms with E-state index in [1.165, 1.54) is 0 Å². The highest BCUT2D eigenvalue weighted by Crippen LogP contribution is 2.43. The summed E-state index contributed by atoms with van der Waals surface area (Å²) in [6.45, 7) is -10.4. The Hall–Kier alpha value is -2.72. The molecular formula is C64H110N2O57P2. The molecular weight excluding hydrogens is 1770 g/mol. The van der Waals surface area contributed by atoms with Gasteiger partial charge in [-0.05, 0) is 0 Å². The van der Waals surface area contributed by atoms with Crippen LogP contribution in [0.15, 0.2) is 0 Å². The molecule has 0 bridgehead atoms. The SMILES string of the molecule is CC(=O)N[C@H]1[C@H](O[C@H]2[C@H](O)[C@@H](NC(C)=O)C(O)O[C@@H]2CO)O[C@H](CO)[C@@H](O[C@@H]2O[C@H](CO[C@H]3O[C@H](CO[C@H]4O[C@H](COP(=O)(O)O)[C@@H](O)[C@H](O)[C@@H]4O[C@H]4O[C@H](CO)[C@@H](O)[C@H](O)[C@@H]4O)[C@@H](O)[C@H](O[C@H]4O[C@H](CO)[C@@H](O)[C@H](O)[C@@H]4O)[C@@H]3O)[C@@H](O)[C@H](O[C@H]3O[C@H](CO)[C@@H](O)[C@H](O)[C@@H]3O[C@H]3O[C@H](COP(=O)(O)O)[C@@H](O)[C@@H](O)[C@@H]3O[C@H]3O[C@H](CO)[C@@H](O)[C@H](O)[C@@H]3O)[C@@H]2O)[C@@H]1O. The van der Waals surface area contributed by atoms with E-state index in [-0.39, 0.29) is 0 Å². The first-order chi connectivity index (χ1) is 58.7. The normalized spacial score (nSPS) is 49.2. The van der Waals surface area contributed by atoms with E-state index in [0.717, 1.165) is 13.8 Å². The molecule has 0 aliphatic carbocycles. The minimum atomic E-state index is -5.54. The minimum absolute atomic E-state index is 0.834. The van der Waals surface area contributed by atoms with Gasteiger partial charge >= 0.3 is 15.6 Å². The summed E-state index contributed by atoms with van der Waals surface area (Å²) in [4.78, 5) is 63.7. The number of hydrogen-bond donors (Lipinski definition) is 34. The molecule has 728 valence electrons. The Bertz CT molecular complexity index is 3440. The lowest BCUT2D eigenvalue weighted by molar-refractivity contribution is -0.408. The van der Waals surface area contributed by atoms with Gasteiger partial charge in [0.2, 0.25) is 11.8 Å². The lowest BCUT2D eigenvalue weighted by Crippen LogP contribution is -2.70. The van der Waals surface area contributed by atoms with E-state index >= 15 is 0 Å². The van der Waals surface area contributed by atoms with Crippen molar-refractivity contribution in [1.82, 2.24) is 10.6 Å². The van der Waals surface area contributed by atoms with Crippen LogP contribution in [0.3, 0.4) is 0 Å². The number of rotatable bonds is 34. The Labute approximate surface area is 703 Å². The highest BCUT2D eigenvalue weighted by Gasteiger charge is 2.62. The van der Waals surface area contributed by atoms with Gasteiger partial charge in [0.05, 0.1) is 66.1 Å². The molecule has 34 N–H and O–H groups in total. The van der Waals surface area contributed by atoms with Crippen molar-refractivity contribution >= 4 is 27.5 Å². The number of carbonyl (C=O) groups is 2. The van der Waals surface area contributed by atoms with Crippen molar-refractivity contribution in [2.45, 2.75) is 321 Å². The summed E-state index contributed by atoms with van der Waals surface area (Å²) in [6.07, 6.45) is -109. The number of aliphatic hydroxyl groups is 28. The van der Waals surface area contributed by atoms with Crippen LogP contribution in [0.25, 0.3) is 0 Å². The minimum Gasteiger partial charge on any atom is -0.394 e. The molecule has 10 aliphatic rings. The molecule has 0 saturated carbocycles. The molecule has 0 aromatic heterocycles. The van der Waals surface area contributed by atoms with Crippen LogP contribution < -0.4 is 10.6 Å². The number of ether oxygens (including phenoxy) is 19. The number of aliphatic hydroxyl groups excluding tert-OH is 28. The van der Waals surface area contributed by atoms with Gasteiger partial charge < -0.3 is 263 Å². The number of hydrogen-bond acceptors (Lipinski definition) is 53. The number of phosphoric ester groups is 2. The quantitative estimate of drug-likeness (QED) is 0.0266. The summed E-state index contributed by atoms with van der Waals surface area (Å²) in [5.41, 5.74) is 0. The molecule has 0 spiro atoms. The van der Waals surface area contributed by atoms with E-state index in [2.05, 4.69) is 19.7 Å². The second-order valence-corrected chi connectivity index (χ2v) is 33.2. The molecule has 2 amide bonds. The van der Waals surface area contributed by atoms with Crippen molar-refractivity contribution in [3.8, 4) is 0 Å². The molecule has 10 fully saturated rings. The molecule has 0 aromatic carbocycles. The third kappa shape index (κ3) is 24.2. The van der Waals surface area contributed by atoms with Crippen molar-refractivity contribution in [3.63, 3.8) is 0 Å². The van der Waals surface area contributed by atoms with Gasteiger partial charge in [-0.3, -0.25) is 18.6 Å². The molecule has 10 heterocycles. The van der Waals surface area contributed by atoms with E-state index in [0.29, 0.717) is 0 Å². The summed E-state index contributed by atoms with van der Waals surface area (Å²) in [5, 5.41) is 318. The van der Waals surface area contributed by atoms with Crippen LogP contribution in [0.4, 0.5) is 0 Å². The van der Waals surface area contributed by atoms with Crippen molar-refractivity contribution < 1.29 is 280 Å². The monoisotopic (exact) mass is 1880 g/mol. The van der Waals surface area contributed by atoms with Gasteiger partial charge in [0.15, 0.2) is 62.9 Å². The number of nitrogens with one attached hydrogen (secondary N) is 2. The zero-order valence-electron chi connectivity index (χ0n) is 65.4. The summed E-state index contributed by atoms with van der Waals surface area (Å²) >= 11 is 0. The fourth-order valence-corrected chi connectivity index (χ4v) is 16.0. The van der Waals surface area contributed by atoms with E-state index in [9.17, 15) is 181 Å². The molecule has 59 nitrogen and oxygen atoms in total. The summed E-state index contributed by atoms with van der Waals surface area (Å²) in [5.74, 6) is -1.85. The molecule has 10 rings (SSSR count). The predicted molar refractivity (Wildman–Crippen MR) is 375 cm³/mol. The van der Waals surface area contributed by atoms with Gasteiger partial charge in [0.25, 0.3) is 0 Å². The van der Waals surface area contributed by atoms with Crippen LogP contribution >= 0.6 is 15.6 Å². The first kappa shape index (κ1) is 104. The first-order valence-corrected chi connectivity index (χ1v) is 41.7. The second kappa shape index (κ2) is 44.6. The van der Waals surface area contributed by atoms with Crippen molar-refractivity contribution in [1.29, 1.82) is 0 Å². The smallest absolute Gasteiger partial charge is 0.394 e. The maximum absolute atomic E-state index is 13.1. The van der Waals surface area contributed by atoms with Crippen LogP contribution in [0.5, 0.6) is 0 Å². The van der Waals surface area contributed by atoms with Gasteiger partial charge in [0, 0.05) is 13.8 Å². The molecule has 10 saturated heterocycles. The third-order valence-electron chi connectivity index (χ3n) is 22.1. The van der Waals surface area contributed by atoms with Gasteiger partial charge in [-0.1, -0.05) is 0 Å². The van der Waals surface area contributed by atoms with Crippen molar-refractivity contribution in [2.75, 3.05) is 66.1 Å². The van der Waals surface area contributed by atoms with E-state index < -0.39 is 400 Å². The van der Waals surface area contributed by atoms with Crippen LogP contribution in [-0.2, 0) is 118 Å². The summed E-state index contributed by atoms with van der Waals surface area (Å²) in [6, 6.07) is -3.74. The van der Waals surface area contributed by atoms with Crippen LogP contribution in [0.1, 0.15) is 13.8 Å². The predicted octanol–water partition coefficient (Wildman–Crippen LogP) is -22.3. The zero-order valence-corrected chi connectivity index (χ0v) is 67.1. The molecule has 1 unspecified atom stereocenters. The zero-order chi connectivity index (χ0) is 92.4. The molecule has 125 heavy (non-hydrogen) atoms.